The van der Waals surface area contributed by atoms with Gasteiger partial charge in [0.15, 0.2) is 0 Å². The minimum atomic E-state index is -1.40. The van der Waals surface area contributed by atoms with Crippen LogP contribution in [0.4, 0.5) is 0 Å². The van der Waals surface area contributed by atoms with Crippen molar-refractivity contribution in [2.24, 2.45) is 13.0 Å². The van der Waals surface area contributed by atoms with Crippen LogP contribution in [-0.2, 0) is 35.1 Å². The van der Waals surface area contributed by atoms with Crippen molar-refractivity contribution in [3.8, 4) is 0 Å². The Labute approximate surface area is 199 Å². The predicted molar refractivity (Wildman–Crippen MR) is 127 cm³/mol. The first-order valence-electron chi connectivity index (χ1n) is 11.5. The fraction of sp³-hybridized carbons (Fsp3) is 0.520. The van der Waals surface area contributed by atoms with Gasteiger partial charge in [-0.1, -0.05) is 23.7 Å². The highest BCUT2D eigenvalue weighted by Crippen LogP contribution is 2.39. The van der Waals surface area contributed by atoms with E-state index in [0.29, 0.717) is 43.2 Å². The van der Waals surface area contributed by atoms with Crippen LogP contribution in [0, 0.1) is 5.92 Å². The molecule has 8 heteroatoms. The first-order chi connectivity index (χ1) is 15.8. The number of aryl methyl sites for hydroxylation is 1. The lowest BCUT2D eigenvalue weighted by Gasteiger charge is -2.42. The molecule has 1 aromatic heterocycles. The highest BCUT2D eigenvalue weighted by Gasteiger charge is 2.48. The third-order valence-corrected chi connectivity index (χ3v) is 7.20. The summed E-state index contributed by atoms with van der Waals surface area (Å²) < 4.78 is 6.65. The molecule has 1 saturated carbocycles. The maximum atomic E-state index is 13.9. The van der Waals surface area contributed by atoms with E-state index in [1.165, 1.54) is 10.6 Å². The summed E-state index contributed by atoms with van der Waals surface area (Å²) in [4.78, 5) is 28.0. The molecule has 0 spiro atoms. The number of carbonyl (C=O) groups excluding carboxylic acids is 1. The van der Waals surface area contributed by atoms with Crippen molar-refractivity contribution in [2.45, 2.75) is 43.9 Å². The molecule has 178 valence electrons. The largest absolute Gasteiger partial charge is 0.384 e. The van der Waals surface area contributed by atoms with Gasteiger partial charge in [0.1, 0.15) is 5.60 Å². The molecule has 2 aromatic rings. The summed E-state index contributed by atoms with van der Waals surface area (Å²) in [7, 11) is 3.34. The zero-order valence-electron chi connectivity index (χ0n) is 19.2. The van der Waals surface area contributed by atoms with Crippen molar-refractivity contribution in [3.63, 3.8) is 0 Å². The summed E-state index contributed by atoms with van der Waals surface area (Å²) in [5.74, 6) is -0.791. The van der Waals surface area contributed by atoms with E-state index in [0.717, 1.165) is 30.4 Å². The molecule has 1 aliphatic carbocycles. The lowest BCUT2D eigenvalue weighted by atomic mass is 9.76. The molecule has 2 aliphatic rings. The number of ether oxygens (including phenoxy) is 1. The number of methoxy groups -OCH3 is 1. The van der Waals surface area contributed by atoms with E-state index in [-0.39, 0.29) is 17.5 Å². The molecule has 0 bridgehead atoms. The van der Waals surface area contributed by atoms with Crippen LogP contribution in [0.1, 0.15) is 36.0 Å². The number of aliphatic hydroxyl groups is 1. The van der Waals surface area contributed by atoms with Crippen molar-refractivity contribution >= 4 is 17.5 Å². The highest BCUT2D eigenvalue weighted by molar-refractivity contribution is 6.31. The minimum absolute atomic E-state index is 0.105. The van der Waals surface area contributed by atoms with Crippen molar-refractivity contribution < 1.29 is 14.6 Å². The Morgan fingerprint density at radius 3 is 2.82 bits per heavy atom. The van der Waals surface area contributed by atoms with Gasteiger partial charge in [-0.3, -0.25) is 9.59 Å². The molecule has 1 aliphatic heterocycles. The fourth-order valence-electron chi connectivity index (χ4n) is 4.60. The summed E-state index contributed by atoms with van der Waals surface area (Å²) in [6, 6.07) is 9.22. The van der Waals surface area contributed by atoms with Crippen LogP contribution in [0.5, 0.6) is 0 Å². The van der Waals surface area contributed by atoms with Crippen LogP contribution in [-0.4, -0.2) is 53.3 Å². The van der Waals surface area contributed by atoms with Gasteiger partial charge in [-0.25, -0.2) is 0 Å². The normalized spacial score (nSPS) is 22.8. The highest BCUT2D eigenvalue weighted by atomic mass is 35.5. The Balaban J connectivity index is 1.62. The van der Waals surface area contributed by atoms with Crippen molar-refractivity contribution in [1.29, 1.82) is 0 Å². The molecule has 1 aromatic carbocycles. The summed E-state index contributed by atoms with van der Waals surface area (Å²) in [6.45, 7) is 1.94. The molecule has 2 fully saturated rings. The smallest absolute Gasteiger partial charge is 0.250 e. The number of benzene rings is 1. The molecule has 2 heterocycles. The van der Waals surface area contributed by atoms with Gasteiger partial charge < -0.3 is 24.6 Å². The predicted octanol–water partition coefficient (Wildman–Crippen LogP) is 2.22. The first kappa shape index (κ1) is 24.0. The monoisotopic (exact) mass is 473 g/mol. The number of nitrogens with one attached hydrogen (secondary N) is 1. The molecule has 0 radical (unpaired) electrons. The third kappa shape index (κ3) is 5.17. The van der Waals surface area contributed by atoms with Crippen LogP contribution < -0.4 is 10.9 Å². The lowest BCUT2D eigenvalue weighted by Crippen LogP contribution is -2.55. The number of halogens is 1. The van der Waals surface area contributed by atoms with Gasteiger partial charge in [-0.15, -0.1) is 0 Å². The number of hydrogen-bond acceptors (Lipinski definition) is 5. The number of amides is 1. The maximum absolute atomic E-state index is 13.9. The Kier molecular flexibility index (Phi) is 7.24. The Morgan fingerprint density at radius 2 is 2.12 bits per heavy atom. The van der Waals surface area contributed by atoms with Gasteiger partial charge in [0.25, 0.3) is 5.56 Å². The fourth-order valence-corrected chi connectivity index (χ4v) is 4.78. The van der Waals surface area contributed by atoms with E-state index in [9.17, 15) is 14.7 Å². The lowest BCUT2D eigenvalue weighted by molar-refractivity contribution is -0.150. The number of rotatable bonds is 8. The average molecular weight is 474 g/mol. The molecule has 2 atom stereocenters. The average Bonchev–Trinajstić information content (AvgIpc) is 3.64. The Morgan fingerprint density at radius 1 is 1.33 bits per heavy atom. The summed E-state index contributed by atoms with van der Waals surface area (Å²) in [5.41, 5.74) is 0.902. The van der Waals surface area contributed by atoms with E-state index >= 15 is 0 Å². The molecule has 1 saturated heterocycles. The van der Waals surface area contributed by atoms with Crippen LogP contribution in [0.2, 0.25) is 5.02 Å². The Hall–Kier alpha value is -2.19. The van der Waals surface area contributed by atoms with E-state index in [4.69, 9.17) is 16.3 Å². The SMILES string of the molecule is COCCc1ccc(Cl)c(CN(C(=O)C2CNCCC2(O)c2ccn(C)c(=O)c2)C2CC2)c1. The quantitative estimate of drug-likeness (QED) is 0.614. The van der Waals surface area contributed by atoms with Crippen molar-refractivity contribution in [3.05, 3.63) is 68.6 Å². The molecule has 33 heavy (non-hydrogen) atoms. The summed E-state index contributed by atoms with van der Waals surface area (Å²) in [5, 5.41) is 15.6. The van der Waals surface area contributed by atoms with E-state index in [2.05, 4.69) is 5.32 Å². The van der Waals surface area contributed by atoms with Crippen molar-refractivity contribution in [2.75, 3.05) is 26.8 Å². The minimum Gasteiger partial charge on any atom is -0.384 e. The standard InChI is InChI=1S/C25H32ClN3O4/c1-28-11-7-19(14-23(28)30)25(32)9-10-27-15-21(25)24(31)29(20-4-5-20)16-18-13-17(8-12-33-2)3-6-22(18)26/h3,6-7,11,13-14,20-21,27,32H,4-5,8-10,12,15-16H2,1-2H3. The van der Waals surface area contributed by atoms with Gasteiger partial charge in [0.05, 0.1) is 12.5 Å². The summed E-state index contributed by atoms with van der Waals surface area (Å²) >= 11 is 6.51. The first-order valence-corrected chi connectivity index (χ1v) is 11.9. The van der Waals surface area contributed by atoms with E-state index in [1.807, 2.05) is 23.1 Å². The molecule has 2 unspecified atom stereocenters. The van der Waals surface area contributed by atoms with Gasteiger partial charge in [0, 0.05) is 50.6 Å². The number of aromatic nitrogens is 1. The number of hydrogen-bond donors (Lipinski definition) is 2. The van der Waals surface area contributed by atoms with Crippen LogP contribution >= 0.6 is 11.6 Å². The van der Waals surface area contributed by atoms with Crippen LogP contribution in [0.25, 0.3) is 0 Å². The van der Waals surface area contributed by atoms with Gasteiger partial charge in [-0.05, 0) is 61.1 Å². The Bertz CT molecular complexity index is 1070. The molecular weight excluding hydrogens is 442 g/mol. The second-order valence-corrected chi connectivity index (χ2v) is 9.57. The van der Waals surface area contributed by atoms with E-state index in [1.54, 1.807) is 26.4 Å². The molecule has 1 amide bonds. The number of piperidine rings is 1. The summed E-state index contributed by atoms with van der Waals surface area (Å²) in [6.07, 6.45) is 4.66. The number of pyridine rings is 1. The second-order valence-electron chi connectivity index (χ2n) is 9.16. The van der Waals surface area contributed by atoms with E-state index < -0.39 is 11.5 Å². The van der Waals surface area contributed by atoms with Crippen LogP contribution in [0.3, 0.4) is 0 Å². The molecule has 7 nitrogen and oxygen atoms in total. The van der Waals surface area contributed by atoms with Gasteiger partial charge in [0.2, 0.25) is 5.91 Å². The second kappa shape index (κ2) is 9.97. The zero-order valence-corrected chi connectivity index (χ0v) is 20.0. The number of nitrogens with zero attached hydrogens (tertiary/aromatic N) is 2. The third-order valence-electron chi connectivity index (χ3n) is 6.83. The number of carbonyl (C=O) groups is 1. The maximum Gasteiger partial charge on any atom is 0.250 e. The van der Waals surface area contributed by atoms with Crippen LogP contribution in [0.15, 0.2) is 41.3 Å². The van der Waals surface area contributed by atoms with Gasteiger partial charge in [-0.2, -0.15) is 0 Å². The van der Waals surface area contributed by atoms with Gasteiger partial charge >= 0.3 is 0 Å². The molecular formula is C25H32ClN3O4. The molecule has 4 rings (SSSR count). The topological polar surface area (TPSA) is 83.8 Å². The molecule has 2 N–H and O–H groups in total. The van der Waals surface area contributed by atoms with Crippen molar-refractivity contribution in [1.82, 2.24) is 14.8 Å². The zero-order chi connectivity index (χ0) is 23.6.